The molecule has 0 bridgehead atoms. The van der Waals surface area contributed by atoms with E-state index in [1.807, 2.05) is 12.1 Å². The highest BCUT2D eigenvalue weighted by Crippen LogP contribution is 2.34. The molecule has 134 valence electrons. The first-order chi connectivity index (χ1) is 13.4. The van der Waals surface area contributed by atoms with Crippen molar-refractivity contribution in [2.24, 2.45) is 0 Å². The smallest absolute Gasteiger partial charge is 0.163 e. The van der Waals surface area contributed by atoms with Crippen LogP contribution in [-0.4, -0.2) is 23.2 Å². The number of imidazole rings is 1. The molecule has 0 spiro atoms. The second-order valence-corrected chi connectivity index (χ2v) is 6.77. The van der Waals surface area contributed by atoms with Crippen molar-refractivity contribution in [3.05, 3.63) is 89.7 Å². The summed E-state index contributed by atoms with van der Waals surface area (Å²) in [7, 11) is 0. The molecule has 2 heterocycles. The summed E-state index contributed by atoms with van der Waals surface area (Å²) in [6, 6.07) is 25.1. The van der Waals surface area contributed by atoms with E-state index in [9.17, 15) is 0 Å². The minimum absolute atomic E-state index is 0.245. The average Bonchev–Trinajstić information content (AvgIpc) is 3.13. The van der Waals surface area contributed by atoms with Crippen molar-refractivity contribution < 1.29 is 9.47 Å². The number of hydrogen-bond donors (Lipinski definition) is 1. The summed E-state index contributed by atoms with van der Waals surface area (Å²) in [5.74, 6) is 2.77. The minimum atomic E-state index is 0.245. The molecule has 3 aromatic carbocycles. The highest BCUT2D eigenvalue weighted by molar-refractivity contribution is 5.80. The molecule has 0 amide bonds. The number of aromatic amines is 1. The zero-order valence-corrected chi connectivity index (χ0v) is 14.9. The number of fused-ring (bicyclic) bond motifs is 2. The number of rotatable bonds is 4. The van der Waals surface area contributed by atoms with E-state index in [0.29, 0.717) is 13.2 Å². The van der Waals surface area contributed by atoms with Crippen LogP contribution in [0.1, 0.15) is 22.9 Å². The first-order valence-electron chi connectivity index (χ1n) is 9.25. The van der Waals surface area contributed by atoms with E-state index in [4.69, 9.17) is 14.5 Å². The van der Waals surface area contributed by atoms with Gasteiger partial charge in [-0.1, -0.05) is 60.7 Å². The second-order valence-electron chi connectivity index (χ2n) is 6.77. The molecule has 1 aliphatic heterocycles. The van der Waals surface area contributed by atoms with E-state index in [-0.39, 0.29) is 5.92 Å². The maximum Gasteiger partial charge on any atom is 0.163 e. The normalized spacial score (nSPS) is 13.2. The lowest BCUT2D eigenvalue weighted by molar-refractivity contribution is 0.172. The van der Waals surface area contributed by atoms with Gasteiger partial charge in [0.1, 0.15) is 19.0 Å². The van der Waals surface area contributed by atoms with Crippen LogP contribution in [0.25, 0.3) is 11.0 Å². The zero-order chi connectivity index (χ0) is 18.1. The Bertz CT molecular complexity index is 975. The van der Waals surface area contributed by atoms with Gasteiger partial charge in [0.15, 0.2) is 11.5 Å². The summed E-state index contributed by atoms with van der Waals surface area (Å²) in [6.07, 6.45) is 0.801. The van der Waals surface area contributed by atoms with Crippen molar-refractivity contribution in [1.82, 2.24) is 9.97 Å². The molecular weight excluding hydrogens is 336 g/mol. The van der Waals surface area contributed by atoms with E-state index in [2.05, 4.69) is 65.6 Å². The average molecular weight is 356 g/mol. The number of nitrogens with zero attached hydrogens (tertiary/aromatic N) is 1. The molecule has 1 aromatic heterocycles. The molecule has 0 unspecified atom stereocenters. The molecule has 0 aliphatic carbocycles. The lowest BCUT2D eigenvalue weighted by Crippen LogP contribution is -2.15. The summed E-state index contributed by atoms with van der Waals surface area (Å²) < 4.78 is 11.4. The SMILES string of the molecule is c1ccc(C(Cc2nc3cc4c(cc3[nH]2)OCCO4)c2ccccc2)cc1. The molecule has 4 heteroatoms. The third-order valence-electron chi connectivity index (χ3n) is 5.00. The number of nitrogens with one attached hydrogen (secondary N) is 1. The van der Waals surface area contributed by atoms with Crippen molar-refractivity contribution in [3.8, 4) is 11.5 Å². The number of aromatic nitrogens is 2. The lowest BCUT2D eigenvalue weighted by Gasteiger charge is -2.17. The maximum absolute atomic E-state index is 5.69. The number of hydrogen-bond acceptors (Lipinski definition) is 3. The van der Waals surface area contributed by atoms with Gasteiger partial charge in [0, 0.05) is 24.5 Å². The summed E-state index contributed by atoms with van der Waals surface area (Å²) >= 11 is 0. The summed E-state index contributed by atoms with van der Waals surface area (Å²) in [5, 5.41) is 0. The molecule has 0 atom stereocenters. The van der Waals surface area contributed by atoms with E-state index < -0.39 is 0 Å². The molecular formula is C23H20N2O2. The Morgan fingerprint density at radius 2 is 1.41 bits per heavy atom. The zero-order valence-electron chi connectivity index (χ0n) is 14.9. The van der Waals surface area contributed by atoms with Gasteiger partial charge >= 0.3 is 0 Å². The van der Waals surface area contributed by atoms with Crippen molar-refractivity contribution in [3.63, 3.8) is 0 Å². The Hall–Kier alpha value is -3.27. The Morgan fingerprint density at radius 3 is 2.04 bits per heavy atom. The Morgan fingerprint density at radius 1 is 0.815 bits per heavy atom. The van der Waals surface area contributed by atoms with Gasteiger partial charge in [0.05, 0.1) is 11.0 Å². The lowest BCUT2D eigenvalue weighted by atomic mass is 9.88. The Kier molecular flexibility index (Phi) is 4.02. The first kappa shape index (κ1) is 15.9. The van der Waals surface area contributed by atoms with Gasteiger partial charge in [-0.05, 0) is 11.1 Å². The predicted molar refractivity (Wildman–Crippen MR) is 106 cm³/mol. The molecule has 1 N–H and O–H groups in total. The standard InChI is InChI=1S/C23H20N2O2/c1-3-7-16(8-4-1)18(17-9-5-2-6-10-17)13-23-24-19-14-21-22(15-20(19)25-23)27-12-11-26-21/h1-10,14-15,18H,11-13H2,(H,24,25). The summed E-state index contributed by atoms with van der Waals surface area (Å²) in [4.78, 5) is 8.29. The molecule has 1 aliphatic rings. The number of benzene rings is 3. The monoisotopic (exact) mass is 356 g/mol. The second kappa shape index (κ2) is 6.80. The Balaban J connectivity index is 1.52. The molecule has 0 radical (unpaired) electrons. The van der Waals surface area contributed by atoms with Crippen molar-refractivity contribution in [2.75, 3.05) is 13.2 Å². The van der Waals surface area contributed by atoms with Gasteiger partial charge in [-0.2, -0.15) is 0 Å². The molecule has 0 saturated heterocycles. The van der Waals surface area contributed by atoms with Gasteiger partial charge in [-0.15, -0.1) is 0 Å². The van der Waals surface area contributed by atoms with E-state index in [0.717, 1.165) is 34.8 Å². The quantitative estimate of drug-likeness (QED) is 0.576. The highest BCUT2D eigenvalue weighted by atomic mass is 16.6. The fourth-order valence-corrected chi connectivity index (χ4v) is 3.69. The Labute approximate surface area is 157 Å². The molecule has 4 nitrogen and oxygen atoms in total. The summed E-state index contributed by atoms with van der Waals surface area (Å²) in [5.41, 5.74) is 4.47. The summed E-state index contributed by atoms with van der Waals surface area (Å²) in [6.45, 7) is 1.17. The number of ether oxygens (including phenoxy) is 2. The van der Waals surface area contributed by atoms with Crippen LogP contribution in [0.3, 0.4) is 0 Å². The topological polar surface area (TPSA) is 47.1 Å². The highest BCUT2D eigenvalue weighted by Gasteiger charge is 2.19. The van der Waals surface area contributed by atoms with Crippen molar-refractivity contribution in [1.29, 1.82) is 0 Å². The van der Waals surface area contributed by atoms with Crippen LogP contribution in [-0.2, 0) is 6.42 Å². The molecule has 0 saturated carbocycles. The predicted octanol–water partition coefficient (Wildman–Crippen LogP) is 4.71. The van der Waals surface area contributed by atoms with E-state index in [1.54, 1.807) is 0 Å². The van der Waals surface area contributed by atoms with Crippen LogP contribution in [0, 0.1) is 0 Å². The number of H-pyrrole nitrogens is 1. The molecule has 4 aromatic rings. The molecule has 0 fully saturated rings. The van der Waals surface area contributed by atoms with Crippen molar-refractivity contribution >= 4 is 11.0 Å². The fraction of sp³-hybridized carbons (Fsp3) is 0.174. The van der Waals surface area contributed by atoms with Crippen LogP contribution >= 0.6 is 0 Å². The largest absolute Gasteiger partial charge is 0.486 e. The fourth-order valence-electron chi connectivity index (χ4n) is 3.69. The first-order valence-corrected chi connectivity index (χ1v) is 9.25. The van der Waals surface area contributed by atoms with Crippen LogP contribution < -0.4 is 9.47 Å². The third-order valence-corrected chi connectivity index (χ3v) is 5.00. The van der Waals surface area contributed by atoms with E-state index >= 15 is 0 Å². The van der Waals surface area contributed by atoms with Gasteiger partial charge in [-0.25, -0.2) is 4.98 Å². The van der Waals surface area contributed by atoms with E-state index in [1.165, 1.54) is 11.1 Å². The third kappa shape index (κ3) is 3.14. The van der Waals surface area contributed by atoms with Gasteiger partial charge in [0.2, 0.25) is 0 Å². The molecule has 27 heavy (non-hydrogen) atoms. The van der Waals surface area contributed by atoms with Crippen LogP contribution in [0.5, 0.6) is 11.5 Å². The van der Waals surface area contributed by atoms with Crippen LogP contribution in [0.4, 0.5) is 0 Å². The van der Waals surface area contributed by atoms with Crippen molar-refractivity contribution in [2.45, 2.75) is 12.3 Å². The maximum atomic E-state index is 5.69. The van der Waals surface area contributed by atoms with Crippen LogP contribution in [0.2, 0.25) is 0 Å². The van der Waals surface area contributed by atoms with Gasteiger partial charge in [-0.3, -0.25) is 0 Å². The molecule has 5 rings (SSSR count). The minimum Gasteiger partial charge on any atom is -0.486 e. The van der Waals surface area contributed by atoms with Gasteiger partial charge in [0.25, 0.3) is 0 Å². The van der Waals surface area contributed by atoms with Crippen LogP contribution in [0.15, 0.2) is 72.8 Å². The van der Waals surface area contributed by atoms with Gasteiger partial charge < -0.3 is 14.5 Å².